The van der Waals surface area contributed by atoms with Crippen LogP contribution in [0.3, 0.4) is 0 Å². The van der Waals surface area contributed by atoms with E-state index in [4.69, 9.17) is 4.74 Å². The van der Waals surface area contributed by atoms with Gasteiger partial charge in [-0.05, 0) is 74.8 Å². The van der Waals surface area contributed by atoms with E-state index in [1.54, 1.807) is 19.2 Å². The molecule has 8 heteroatoms. The number of aromatic nitrogens is 1. The molecule has 0 bridgehead atoms. The Kier molecular flexibility index (Phi) is 6.06. The number of hydrogen-bond acceptors (Lipinski definition) is 5. The first-order valence-electron chi connectivity index (χ1n) is 10.4. The van der Waals surface area contributed by atoms with Crippen molar-refractivity contribution in [2.24, 2.45) is 0 Å². The number of carbonyl (C=O) groups excluding carboxylic acids is 1. The molecule has 0 unspecified atom stereocenters. The van der Waals surface area contributed by atoms with Gasteiger partial charge in [0.15, 0.2) is 0 Å². The molecule has 0 aliphatic heterocycles. The van der Waals surface area contributed by atoms with Gasteiger partial charge in [0.05, 0.1) is 4.90 Å². The Labute approximate surface area is 177 Å². The summed E-state index contributed by atoms with van der Waals surface area (Å²) in [6.45, 7) is 2.10. The van der Waals surface area contributed by atoms with E-state index in [-0.39, 0.29) is 22.9 Å². The SMILES string of the molecule is Cc1ccc(S(=O)(=O)NC2CC2)cc1C(=O)NCc1ccnc(OC2CCCC2)c1. The van der Waals surface area contributed by atoms with E-state index < -0.39 is 10.0 Å². The lowest BCUT2D eigenvalue weighted by atomic mass is 10.1. The van der Waals surface area contributed by atoms with Crippen molar-refractivity contribution < 1.29 is 17.9 Å². The molecule has 1 heterocycles. The van der Waals surface area contributed by atoms with Gasteiger partial charge in [-0.25, -0.2) is 18.1 Å². The summed E-state index contributed by atoms with van der Waals surface area (Å²) in [4.78, 5) is 17.1. The van der Waals surface area contributed by atoms with Crippen LogP contribution in [0.15, 0.2) is 41.4 Å². The van der Waals surface area contributed by atoms with Crippen LogP contribution in [-0.2, 0) is 16.6 Å². The maximum atomic E-state index is 12.7. The third-order valence-corrected chi connectivity index (χ3v) is 7.02. The third-order valence-electron chi connectivity index (χ3n) is 5.51. The predicted octanol–water partition coefficient (Wildman–Crippen LogP) is 3.08. The minimum absolute atomic E-state index is 0.0147. The lowest BCUT2D eigenvalue weighted by Crippen LogP contribution is -2.27. The van der Waals surface area contributed by atoms with E-state index >= 15 is 0 Å². The normalized spacial score (nSPS) is 17.1. The average molecular weight is 430 g/mol. The Bertz CT molecular complexity index is 1030. The Morgan fingerprint density at radius 3 is 2.63 bits per heavy atom. The summed E-state index contributed by atoms with van der Waals surface area (Å²) in [6.07, 6.45) is 8.09. The Balaban J connectivity index is 1.42. The summed E-state index contributed by atoms with van der Waals surface area (Å²) in [6, 6.07) is 8.32. The number of aryl methyl sites for hydroxylation is 1. The largest absolute Gasteiger partial charge is 0.474 e. The molecular weight excluding hydrogens is 402 g/mol. The highest BCUT2D eigenvalue weighted by molar-refractivity contribution is 7.89. The molecule has 2 aromatic rings. The standard InChI is InChI=1S/C22H27N3O4S/c1-15-6-9-19(30(27,28)25-17-7-8-17)13-20(15)22(26)24-14-16-10-11-23-21(12-16)29-18-4-2-3-5-18/h6,9-13,17-18,25H,2-5,7-8,14H2,1H3,(H,24,26). The molecule has 2 N–H and O–H groups in total. The molecule has 1 amide bonds. The fraction of sp³-hybridized carbons (Fsp3) is 0.455. The quantitative estimate of drug-likeness (QED) is 0.672. The summed E-state index contributed by atoms with van der Waals surface area (Å²) < 4.78 is 33.5. The van der Waals surface area contributed by atoms with Gasteiger partial charge in [-0.1, -0.05) is 6.07 Å². The highest BCUT2D eigenvalue weighted by atomic mass is 32.2. The molecule has 2 saturated carbocycles. The molecule has 0 radical (unpaired) electrons. The second kappa shape index (κ2) is 8.73. The van der Waals surface area contributed by atoms with Crippen LogP contribution in [0, 0.1) is 6.92 Å². The number of pyridine rings is 1. The van der Waals surface area contributed by atoms with Crippen LogP contribution in [-0.4, -0.2) is 31.5 Å². The molecule has 4 rings (SSSR count). The molecule has 30 heavy (non-hydrogen) atoms. The molecule has 160 valence electrons. The van der Waals surface area contributed by atoms with E-state index in [9.17, 15) is 13.2 Å². The van der Waals surface area contributed by atoms with Crippen molar-refractivity contribution in [2.75, 3.05) is 0 Å². The number of amides is 1. The van der Waals surface area contributed by atoms with Gasteiger partial charge in [-0.2, -0.15) is 0 Å². The highest BCUT2D eigenvalue weighted by Crippen LogP contribution is 2.24. The van der Waals surface area contributed by atoms with Crippen molar-refractivity contribution in [3.8, 4) is 5.88 Å². The number of nitrogens with one attached hydrogen (secondary N) is 2. The molecule has 7 nitrogen and oxygen atoms in total. The van der Waals surface area contributed by atoms with E-state index in [1.165, 1.54) is 25.0 Å². The number of benzene rings is 1. The van der Waals surface area contributed by atoms with Crippen LogP contribution >= 0.6 is 0 Å². The number of nitrogens with zero attached hydrogens (tertiary/aromatic N) is 1. The van der Waals surface area contributed by atoms with Gasteiger partial charge < -0.3 is 10.1 Å². The smallest absolute Gasteiger partial charge is 0.251 e. The Hall–Kier alpha value is -2.45. The lowest BCUT2D eigenvalue weighted by molar-refractivity contribution is 0.0950. The minimum Gasteiger partial charge on any atom is -0.474 e. The molecule has 2 aliphatic carbocycles. The van der Waals surface area contributed by atoms with Crippen molar-refractivity contribution >= 4 is 15.9 Å². The van der Waals surface area contributed by atoms with Crippen molar-refractivity contribution in [1.82, 2.24) is 15.0 Å². The van der Waals surface area contributed by atoms with Crippen molar-refractivity contribution in [3.63, 3.8) is 0 Å². The Morgan fingerprint density at radius 1 is 1.13 bits per heavy atom. The predicted molar refractivity (Wildman–Crippen MR) is 113 cm³/mol. The molecule has 0 spiro atoms. The van der Waals surface area contributed by atoms with Gasteiger partial charge in [0, 0.05) is 30.4 Å². The fourth-order valence-corrected chi connectivity index (χ4v) is 4.91. The molecule has 2 fully saturated rings. The second-order valence-electron chi connectivity index (χ2n) is 8.08. The van der Waals surface area contributed by atoms with Gasteiger partial charge in [0.1, 0.15) is 6.10 Å². The van der Waals surface area contributed by atoms with E-state index in [0.29, 0.717) is 18.0 Å². The topological polar surface area (TPSA) is 97.4 Å². The van der Waals surface area contributed by atoms with Gasteiger partial charge in [-0.15, -0.1) is 0 Å². The van der Waals surface area contributed by atoms with Gasteiger partial charge >= 0.3 is 0 Å². The van der Waals surface area contributed by atoms with Crippen LogP contribution in [0.1, 0.15) is 60.0 Å². The average Bonchev–Trinajstić information content (AvgIpc) is 3.37. The molecular formula is C22H27N3O4S. The minimum atomic E-state index is -3.61. The van der Waals surface area contributed by atoms with Crippen molar-refractivity contribution in [3.05, 3.63) is 53.2 Å². The zero-order valence-corrected chi connectivity index (χ0v) is 17.9. The van der Waals surface area contributed by atoms with Gasteiger partial charge in [0.25, 0.3) is 5.91 Å². The molecule has 1 aromatic heterocycles. The van der Waals surface area contributed by atoms with E-state index in [2.05, 4.69) is 15.0 Å². The first-order valence-corrected chi connectivity index (χ1v) is 11.9. The van der Waals surface area contributed by atoms with Crippen molar-refractivity contribution in [1.29, 1.82) is 0 Å². The zero-order valence-electron chi connectivity index (χ0n) is 17.1. The zero-order chi connectivity index (χ0) is 21.1. The summed E-state index contributed by atoms with van der Waals surface area (Å²) >= 11 is 0. The summed E-state index contributed by atoms with van der Waals surface area (Å²) in [7, 11) is -3.61. The third kappa shape index (κ3) is 5.17. The first kappa shape index (κ1) is 20.8. The summed E-state index contributed by atoms with van der Waals surface area (Å²) in [5.74, 6) is 0.259. The Morgan fingerprint density at radius 2 is 1.90 bits per heavy atom. The molecule has 1 aromatic carbocycles. The van der Waals surface area contributed by atoms with Crippen molar-refractivity contribution in [2.45, 2.75) is 69.0 Å². The number of carbonyl (C=O) groups is 1. The molecule has 0 atom stereocenters. The van der Waals surface area contributed by atoms with Crippen LogP contribution in [0.2, 0.25) is 0 Å². The number of ether oxygens (including phenoxy) is 1. The number of rotatable bonds is 8. The maximum Gasteiger partial charge on any atom is 0.251 e. The van der Waals surface area contributed by atoms with Crippen LogP contribution in [0.25, 0.3) is 0 Å². The number of hydrogen-bond donors (Lipinski definition) is 2. The maximum absolute atomic E-state index is 12.7. The highest BCUT2D eigenvalue weighted by Gasteiger charge is 2.28. The molecule has 2 aliphatic rings. The van der Waals surface area contributed by atoms with Crippen LogP contribution in [0.5, 0.6) is 5.88 Å². The summed E-state index contributed by atoms with van der Waals surface area (Å²) in [5.41, 5.74) is 1.95. The number of sulfonamides is 1. The van der Waals surface area contributed by atoms with Gasteiger partial charge in [0.2, 0.25) is 15.9 Å². The van der Waals surface area contributed by atoms with E-state index in [1.807, 2.05) is 12.1 Å². The van der Waals surface area contributed by atoms with Crippen LogP contribution in [0.4, 0.5) is 0 Å². The van der Waals surface area contributed by atoms with Crippen LogP contribution < -0.4 is 14.8 Å². The monoisotopic (exact) mass is 429 g/mol. The van der Waals surface area contributed by atoms with Gasteiger partial charge in [-0.3, -0.25) is 4.79 Å². The lowest BCUT2D eigenvalue weighted by Gasteiger charge is -2.13. The summed E-state index contributed by atoms with van der Waals surface area (Å²) in [5, 5.41) is 2.87. The molecule has 0 saturated heterocycles. The second-order valence-corrected chi connectivity index (χ2v) is 9.80. The van der Waals surface area contributed by atoms with E-state index in [0.717, 1.165) is 36.8 Å². The fourth-order valence-electron chi connectivity index (χ4n) is 3.58. The first-order chi connectivity index (χ1) is 14.4.